The van der Waals surface area contributed by atoms with Gasteiger partial charge in [-0.05, 0) is 48.1 Å². The third-order valence-corrected chi connectivity index (χ3v) is 6.27. The fraction of sp³-hybridized carbons (Fsp3) is 0.333. The van der Waals surface area contributed by atoms with Gasteiger partial charge >= 0.3 is 0 Å². The third kappa shape index (κ3) is 4.18. The number of amides is 2. The Bertz CT molecular complexity index is 1020. The summed E-state index contributed by atoms with van der Waals surface area (Å²) >= 11 is 6.29. The van der Waals surface area contributed by atoms with Crippen LogP contribution in [0, 0.1) is 5.92 Å². The van der Waals surface area contributed by atoms with Gasteiger partial charge in [-0.15, -0.1) is 0 Å². The van der Waals surface area contributed by atoms with Gasteiger partial charge < -0.3 is 14.7 Å². The average molecular weight is 441 g/mol. The minimum Gasteiger partial charge on any atom is -0.497 e. The van der Waals surface area contributed by atoms with Gasteiger partial charge in [-0.25, -0.2) is 0 Å². The summed E-state index contributed by atoms with van der Waals surface area (Å²) in [5.41, 5.74) is 2.17. The highest BCUT2D eigenvalue weighted by Gasteiger charge is 2.42. The Balaban J connectivity index is 1.74. The van der Waals surface area contributed by atoms with Crippen LogP contribution in [0.1, 0.15) is 24.0 Å². The van der Waals surface area contributed by atoms with Gasteiger partial charge in [-0.1, -0.05) is 41.9 Å². The van der Waals surface area contributed by atoms with Crippen LogP contribution in [0.4, 0.5) is 0 Å². The molecule has 2 aromatic rings. The first-order valence-corrected chi connectivity index (χ1v) is 10.8. The van der Waals surface area contributed by atoms with Crippen LogP contribution in [0.15, 0.2) is 54.2 Å². The summed E-state index contributed by atoms with van der Waals surface area (Å²) in [5.74, 6) is 0.0957. The maximum absolute atomic E-state index is 13.5. The Kier molecular flexibility index (Phi) is 6.30. The molecule has 2 amide bonds. The lowest BCUT2D eigenvalue weighted by atomic mass is 9.97. The summed E-state index contributed by atoms with van der Waals surface area (Å²) in [4.78, 5) is 30.2. The van der Waals surface area contributed by atoms with E-state index in [0.717, 1.165) is 12.8 Å². The number of carbonyl (C=O) groups excluding carboxylic acids is 2. The summed E-state index contributed by atoms with van der Waals surface area (Å²) in [5, 5.41) is 10.2. The molecule has 0 spiro atoms. The van der Waals surface area contributed by atoms with Gasteiger partial charge in [0.1, 0.15) is 11.4 Å². The smallest absolute Gasteiger partial charge is 0.278 e. The van der Waals surface area contributed by atoms with E-state index < -0.39 is 0 Å². The highest BCUT2D eigenvalue weighted by molar-refractivity contribution is 6.35. The highest BCUT2D eigenvalue weighted by atomic mass is 35.5. The number of ether oxygens (including phenoxy) is 1. The predicted molar refractivity (Wildman–Crippen MR) is 118 cm³/mol. The Labute approximate surface area is 186 Å². The molecule has 162 valence electrons. The largest absolute Gasteiger partial charge is 0.497 e. The van der Waals surface area contributed by atoms with Crippen molar-refractivity contribution in [2.45, 2.75) is 19.4 Å². The van der Waals surface area contributed by atoms with Gasteiger partial charge in [-0.2, -0.15) is 0 Å². The van der Waals surface area contributed by atoms with E-state index in [1.807, 2.05) is 23.1 Å². The fourth-order valence-electron chi connectivity index (χ4n) is 4.23. The number of carbonyl (C=O) groups is 2. The van der Waals surface area contributed by atoms with Gasteiger partial charge in [0.2, 0.25) is 0 Å². The Hall–Kier alpha value is -2.83. The van der Waals surface area contributed by atoms with E-state index in [1.165, 1.54) is 4.90 Å². The van der Waals surface area contributed by atoms with Gasteiger partial charge in [0, 0.05) is 24.7 Å². The SMILES string of the molecule is COc1ccc(C2=C(N3CCCC(CO)C3)C(=O)N(Cc3ccccc3Cl)C2=O)cc1. The molecule has 2 heterocycles. The number of rotatable bonds is 6. The Morgan fingerprint density at radius 1 is 1.10 bits per heavy atom. The number of hydrogen-bond donors (Lipinski definition) is 1. The second-order valence-electron chi connectivity index (χ2n) is 7.88. The number of piperidine rings is 1. The van der Waals surface area contributed by atoms with E-state index in [9.17, 15) is 14.7 Å². The lowest BCUT2D eigenvalue weighted by Gasteiger charge is -2.34. The molecule has 1 saturated heterocycles. The summed E-state index contributed by atoms with van der Waals surface area (Å²) in [6.07, 6.45) is 1.76. The number of nitrogens with zero attached hydrogens (tertiary/aromatic N) is 2. The molecule has 0 saturated carbocycles. The Morgan fingerprint density at radius 2 is 1.84 bits per heavy atom. The minimum absolute atomic E-state index is 0.0626. The zero-order chi connectivity index (χ0) is 22.0. The van der Waals surface area contributed by atoms with Crippen molar-refractivity contribution in [3.8, 4) is 5.75 Å². The molecule has 6 nitrogen and oxygen atoms in total. The number of halogens is 1. The van der Waals surface area contributed by atoms with Crippen molar-refractivity contribution >= 4 is 29.0 Å². The molecule has 1 unspecified atom stereocenters. The van der Waals surface area contributed by atoms with Crippen LogP contribution in [0.3, 0.4) is 0 Å². The molecule has 0 aromatic heterocycles. The number of imide groups is 1. The van der Waals surface area contributed by atoms with Gasteiger partial charge in [0.15, 0.2) is 0 Å². The van der Waals surface area contributed by atoms with Gasteiger partial charge in [0.05, 0.1) is 19.2 Å². The molecule has 31 heavy (non-hydrogen) atoms. The number of likely N-dealkylation sites (tertiary alicyclic amines) is 1. The van der Waals surface area contributed by atoms with Crippen molar-refractivity contribution in [1.82, 2.24) is 9.80 Å². The molecule has 4 rings (SSSR count). The third-order valence-electron chi connectivity index (χ3n) is 5.90. The first-order valence-electron chi connectivity index (χ1n) is 10.4. The molecule has 0 bridgehead atoms. The zero-order valence-corrected chi connectivity index (χ0v) is 18.1. The van der Waals surface area contributed by atoms with E-state index in [2.05, 4.69) is 0 Å². The standard InChI is InChI=1S/C24H25ClN2O4/c1-31-19-10-8-17(9-11-19)21-22(26-12-4-5-16(13-26)15-28)24(30)27(23(21)29)14-18-6-2-3-7-20(18)25/h2-3,6-11,16,28H,4-5,12-15H2,1H3. The lowest BCUT2D eigenvalue weighted by molar-refractivity contribution is -0.138. The maximum atomic E-state index is 13.5. The van der Waals surface area contributed by atoms with E-state index >= 15 is 0 Å². The van der Waals surface area contributed by atoms with Crippen molar-refractivity contribution in [3.63, 3.8) is 0 Å². The molecule has 1 atom stereocenters. The molecule has 2 aliphatic rings. The normalized spacial score (nSPS) is 19.4. The number of aliphatic hydroxyl groups excluding tert-OH is 1. The van der Waals surface area contributed by atoms with Crippen LogP contribution in [0.5, 0.6) is 5.75 Å². The highest BCUT2D eigenvalue weighted by Crippen LogP contribution is 2.35. The molecule has 1 N–H and O–H groups in total. The predicted octanol–water partition coefficient (Wildman–Crippen LogP) is 3.33. The monoisotopic (exact) mass is 440 g/mol. The van der Waals surface area contributed by atoms with Crippen molar-refractivity contribution in [2.75, 3.05) is 26.8 Å². The fourth-order valence-corrected chi connectivity index (χ4v) is 4.43. The minimum atomic E-state index is -0.337. The maximum Gasteiger partial charge on any atom is 0.278 e. The quantitative estimate of drug-likeness (QED) is 0.698. The number of benzene rings is 2. The van der Waals surface area contributed by atoms with Crippen molar-refractivity contribution in [3.05, 3.63) is 70.4 Å². The topological polar surface area (TPSA) is 70.1 Å². The molecule has 2 aromatic carbocycles. The molecule has 1 fully saturated rings. The molecule has 2 aliphatic heterocycles. The molecule has 7 heteroatoms. The van der Waals surface area contributed by atoms with Gasteiger partial charge in [-0.3, -0.25) is 14.5 Å². The van der Waals surface area contributed by atoms with Crippen LogP contribution in [-0.4, -0.2) is 53.5 Å². The van der Waals surface area contributed by atoms with Crippen LogP contribution in [0.25, 0.3) is 5.57 Å². The molecule has 0 aliphatic carbocycles. The molecule has 0 radical (unpaired) electrons. The molecular formula is C24H25ClN2O4. The van der Waals surface area contributed by atoms with Gasteiger partial charge in [0.25, 0.3) is 11.8 Å². The first kappa shape index (κ1) is 21.4. The summed E-state index contributed by atoms with van der Waals surface area (Å²) < 4.78 is 5.23. The van der Waals surface area contributed by atoms with Crippen molar-refractivity contribution in [2.24, 2.45) is 5.92 Å². The number of hydrogen-bond acceptors (Lipinski definition) is 5. The molecular weight excluding hydrogens is 416 g/mol. The first-order chi connectivity index (χ1) is 15.0. The van der Waals surface area contributed by atoms with E-state index in [1.54, 1.807) is 37.4 Å². The summed E-state index contributed by atoms with van der Waals surface area (Å²) in [7, 11) is 1.58. The van der Waals surface area contributed by atoms with Crippen molar-refractivity contribution < 1.29 is 19.4 Å². The van der Waals surface area contributed by atoms with Crippen LogP contribution in [-0.2, 0) is 16.1 Å². The van der Waals surface area contributed by atoms with Crippen LogP contribution >= 0.6 is 11.6 Å². The lowest BCUT2D eigenvalue weighted by Crippen LogP contribution is -2.40. The second kappa shape index (κ2) is 9.12. The second-order valence-corrected chi connectivity index (χ2v) is 8.28. The number of aliphatic hydroxyl groups is 1. The Morgan fingerprint density at radius 3 is 2.52 bits per heavy atom. The average Bonchev–Trinajstić information content (AvgIpc) is 3.05. The van der Waals surface area contributed by atoms with Crippen LogP contribution in [0.2, 0.25) is 5.02 Å². The van der Waals surface area contributed by atoms with E-state index in [0.29, 0.717) is 46.3 Å². The zero-order valence-electron chi connectivity index (χ0n) is 17.4. The van der Waals surface area contributed by atoms with E-state index in [-0.39, 0.29) is 30.9 Å². The van der Waals surface area contributed by atoms with E-state index in [4.69, 9.17) is 16.3 Å². The van der Waals surface area contributed by atoms with Crippen molar-refractivity contribution in [1.29, 1.82) is 0 Å². The van der Waals surface area contributed by atoms with Crippen LogP contribution < -0.4 is 4.74 Å². The number of methoxy groups -OCH3 is 1. The summed E-state index contributed by atoms with van der Waals surface area (Å²) in [6.45, 7) is 1.39. The summed E-state index contributed by atoms with van der Waals surface area (Å²) in [6, 6.07) is 14.4.